The molecule has 1 aromatic carbocycles. The van der Waals surface area contributed by atoms with Crippen molar-refractivity contribution in [2.45, 2.75) is 13.0 Å². The number of ether oxygens (including phenoxy) is 1. The lowest BCUT2D eigenvalue weighted by molar-refractivity contribution is 0.194. The molecule has 0 radical (unpaired) electrons. The molecule has 0 spiro atoms. The fourth-order valence-corrected chi connectivity index (χ4v) is 1.57. The van der Waals surface area contributed by atoms with E-state index < -0.39 is 6.10 Å². The summed E-state index contributed by atoms with van der Waals surface area (Å²) in [6, 6.07) is 3.10. The number of phenols is 1. The third-order valence-electron chi connectivity index (χ3n) is 1.75. The molecule has 4 heteroatoms. The second-order valence-electron chi connectivity index (χ2n) is 2.72. The first-order valence-corrected chi connectivity index (χ1v) is 4.60. The van der Waals surface area contributed by atoms with Crippen LogP contribution in [-0.2, 0) is 0 Å². The number of benzene rings is 1. The summed E-state index contributed by atoms with van der Waals surface area (Å²) in [5, 5.41) is 18.7. The molecule has 0 aromatic heterocycles. The Morgan fingerprint density at radius 1 is 1.46 bits per heavy atom. The van der Waals surface area contributed by atoms with Crippen LogP contribution in [0.4, 0.5) is 0 Å². The van der Waals surface area contributed by atoms with Gasteiger partial charge in [0.1, 0.15) is 11.5 Å². The third kappa shape index (κ3) is 2.14. The summed E-state index contributed by atoms with van der Waals surface area (Å²) in [5.74, 6) is 0.581. The minimum absolute atomic E-state index is 0.0371. The van der Waals surface area contributed by atoms with Crippen molar-refractivity contribution in [2.75, 3.05) is 7.11 Å². The van der Waals surface area contributed by atoms with E-state index in [0.717, 1.165) is 0 Å². The Kier molecular flexibility index (Phi) is 3.17. The van der Waals surface area contributed by atoms with Gasteiger partial charge in [0.15, 0.2) is 0 Å². The molecule has 3 nitrogen and oxygen atoms in total. The lowest BCUT2D eigenvalue weighted by Gasteiger charge is -2.10. The van der Waals surface area contributed by atoms with Gasteiger partial charge in [0.25, 0.3) is 0 Å². The standard InChI is InChI=1S/C9H11BrO3/c1-5(11)6-3-7(10)9(13-2)4-8(6)12/h3-5,11-12H,1-2H3. The number of hydrogen-bond donors (Lipinski definition) is 2. The smallest absolute Gasteiger partial charge is 0.136 e. The van der Waals surface area contributed by atoms with E-state index >= 15 is 0 Å². The monoisotopic (exact) mass is 246 g/mol. The first kappa shape index (κ1) is 10.3. The van der Waals surface area contributed by atoms with Gasteiger partial charge in [0, 0.05) is 11.6 Å². The number of aliphatic hydroxyl groups excluding tert-OH is 1. The van der Waals surface area contributed by atoms with Crippen molar-refractivity contribution >= 4 is 15.9 Å². The van der Waals surface area contributed by atoms with E-state index in [4.69, 9.17) is 4.74 Å². The molecule has 1 aromatic rings. The molecule has 0 aliphatic rings. The number of hydrogen-bond acceptors (Lipinski definition) is 3. The quantitative estimate of drug-likeness (QED) is 0.842. The average Bonchev–Trinajstić information content (AvgIpc) is 2.07. The third-order valence-corrected chi connectivity index (χ3v) is 2.37. The van der Waals surface area contributed by atoms with Crippen LogP contribution in [0.5, 0.6) is 11.5 Å². The Hall–Kier alpha value is -0.740. The van der Waals surface area contributed by atoms with Crippen molar-refractivity contribution in [2.24, 2.45) is 0 Å². The summed E-state index contributed by atoms with van der Waals surface area (Å²) in [7, 11) is 1.52. The number of methoxy groups -OCH3 is 1. The van der Waals surface area contributed by atoms with Crippen LogP contribution in [0.15, 0.2) is 16.6 Å². The fraction of sp³-hybridized carbons (Fsp3) is 0.333. The molecule has 1 unspecified atom stereocenters. The Balaban J connectivity index is 3.20. The van der Waals surface area contributed by atoms with Crippen LogP contribution in [-0.4, -0.2) is 17.3 Å². The predicted octanol–water partition coefficient (Wildman–Crippen LogP) is 2.22. The van der Waals surface area contributed by atoms with E-state index in [0.29, 0.717) is 15.8 Å². The number of phenolic OH excluding ortho intramolecular Hbond substituents is 1. The van der Waals surface area contributed by atoms with Crippen LogP contribution in [0, 0.1) is 0 Å². The molecule has 2 N–H and O–H groups in total. The summed E-state index contributed by atoms with van der Waals surface area (Å²) in [6.07, 6.45) is -0.692. The van der Waals surface area contributed by atoms with Crippen LogP contribution in [0.3, 0.4) is 0 Å². The molecule has 0 aliphatic heterocycles. The van der Waals surface area contributed by atoms with Crippen molar-refractivity contribution in [3.05, 3.63) is 22.2 Å². The van der Waals surface area contributed by atoms with Gasteiger partial charge in [0.2, 0.25) is 0 Å². The van der Waals surface area contributed by atoms with Gasteiger partial charge in [0.05, 0.1) is 17.7 Å². The maximum atomic E-state index is 9.46. The zero-order valence-electron chi connectivity index (χ0n) is 7.41. The molecule has 0 aliphatic carbocycles. The molecular formula is C9H11BrO3. The van der Waals surface area contributed by atoms with Crippen molar-refractivity contribution in [1.29, 1.82) is 0 Å². The SMILES string of the molecule is COc1cc(O)c(C(C)O)cc1Br. The molecule has 1 atom stereocenters. The zero-order valence-corrected chi connectivity index (χ0v) is 9.00. The first-order chi connectivity index (χ1) is 6.06. The van der Waals surface area contributed by atoms with Crippen molar-refractivity contribution < 1.29 is 14.9 Å². The summed E-state index contributed by atoms with van der Waals surface area (Å²) >= 11 is 3.26. The molecule has 0 saturated heterocycles. The van der Waals surface area contributed by atoms with Crippen molar-refractivity contribution in [3.8, 4) is 11.5 Å². The summed E-state index contributed by atoms with van der Waals surface area (Å²) in [6.45, 7) is 1.59. The maximum Gasteiger partial charge on any atom is 0.136 e. The Morgan fingerprint density at radius 2 is 2.08 bits per heavy atom. The number of halogens is 1. The van der Waals surface area contributed by atoms with E-state index in [2.05, 4.69) is 15.9 Å². The largest absolute Gasteiger partial charge is 0.507 e. The van der Waals surface area contributed by atoms with Crippen LogP contribution in [0.1, 0.15) is 18.6 Å². The van der Waals surface area contributed by atoms with Crippen LogP contribution in [0.25, 0.3) is 0 Å². The maximum absolute atomic E-state index is 9.46. The van der Waals surface area contributed by atoms with Gasteiger partial charge in [-0.2, -0.15) is 0 Å². The topological polar surface area (TPSA) is 49.7 Å². The van der Waals surface area contributed by atoms with Gasteiger partial charge < -0.3 is 14.9 Å². The minimum atomic E-state index is -0.692. The summed E-state index contributed by atoms with van der Waals surface area (Å²) in [5.41, 5.74) is 0.479. The number of rotatable bonds is 2. The fourth-order valence-electron chi connectivity index (χ4n) is 1.05. The Labute approximate surface area is 85.1 Å². The number of aliphatic hydroxyl groups is 1. The van der Waals surface area contributed by atoms with Gasteiger partial charge in [-0.05, 0) is 28.9 Å². The molecule has 72 valence electrons. The van der Waals surface area contributed by atoms with E-state index in [1.54, 1.807) is 13.0 Å². The molecule has 0 fully saturated rings. The van der Waals surface area contributed by atoms with Crippen molar-refractivity contribution in [1.82, 2.24) is 0 Å². The van der Waals surface area contributed by atoms with Crippen LogP contribution >= 0.6 is 15.9 Å². The zero-order chi connectivity index (χ0) is 10.0. The van der Waals surface area contributed by atoms with E-state index in [1.807, 2.05) is 0 Å². The second-order valence-corrected chi connectivity index (χ2v) is 3.58. The second kappa shape index (κ2) is 3.98. The molecular weight excluding hydrogens is 236 g/mol. The molecule has 13 heavy (non-hydrogen) atoms. The molecule has 0 heterocycles. The lowest BCUT2D eigenvalue weighted by Crippen LogP contribution is -1.93. The molecule has 0 amide bonds. The highest BCUT2D eigenvalue weighted by Gasteiger charge is 2.11. The van der Waals surface area contributed by atoms with Crippen molar-refractivity contribution in [3.63, 3.8) is 0 Å². The van der Waals surface area contributed by atoms with Crippen LogP contribution in [0.2, 0.25) is 0 Å². The predicted molar refractivity (Wildman–Crippen MR) is 53.0 cm³/mol. The highest BCUT2D eigenvalue weighted by Crippen LogP contribution is 2.34. The van der Waals surface area contributed by atoms with E-state index in [-0.39, 0.29) is 5.75 Å². The van der Waals surface area contributed by atoms with Crippen LogP contribution < -0.4 is 4.74 Å². The highest BCUT2D eigenvalue weighted by molar-refractivity contribution is 9.10. The van der Waals surface area contributed by atoms with E-state index in [9.17, 15) is 10.2 Å². The lowest BCUT2D eigenvalue weighted by atomic mass is 10.1. The van der Waals surface area contributed by atoms with Gasteiger partial charge in [-0.25, -0.2) is 0 Å². The molecule has 0 saturated carbocycles. The average molecular weight is 247 g/mol. The summed E-state index contributed by atoms with van der Waals surface area (Å²) in [4.78, 5) is 0. The van der Waals surface area contributed by atoms with Gasteiger partial charge in [-0.3, -0.25) is 0 Å². The van der Waals surface area contributed by atoms with E-state index in [1.165, 1.54) is 13.2 Å². The van der Waals surface area contributed by atoms with Gasteiger partial charge >= 0.3 is 0 Å². The number of aromatic hydroxyl groups is 1. The molecule has 1 rings (SSSR count). The first-order valence-electron chi connectivity index (χ1n) is 3.80. The van der Waals surface area contributed by atoms with Gasteiger partial charge in [-0.1, -0.05) is 0 Å². The highest BCUT2D eigenvalue weighted by atomic mass is 79.9. The summed E-state index contributed by atoms with van der Waals surface area (Å²) < 4.78 is 5.68. The normalized spacial score (nSPS) is 12.6. The Morgan fingerprint density at radius 3 is 2.54 bits per heavy atom. The Bertz CT molecular complexity index is 310. The minimum Gasteiger partial charge on any atom is -0.507 e. The van der Waals surface area contributed by atoms with Gasteiger partial charge in [-0.15, -0.1) is 0 Å². The molecule has 0 bridgehead atoms.